The summed E-state index contributed by atoms with van der Waals surface area (Å²) in [6.45, 7) is 15.1. The van der Waals surface area contributed by atoms with Crippen molar-refractivity contribution < 1.29 is 47.8 Å². The smallest absolute Gasteiger partial charge is 0.311 e. The molecule has 0 amide bonds. The van der Waals surface area contributed by atoms with Gasteiger partial charge in [0.15, 0.2) is 0 Å². The number of rotatable bonds is 29. The lowest BCUT2D eigenvalue weighted by atomic mass is 9.95. The molecule has 0 aromatic carbocycles. The largest absolute Gasteiger partial charge is 0.481 e. The summed E-state index contributed by atoms with van der Waals surface area (Å²) in [4.78, 5) is 10.9. The normalized spacial score (nSPS) is 11.9. The average molecular weight is 512 g/mol. The molecule has 2 N–H and O–H groups in total. The molecule has 0 bridgehead atoms. The van der Waals surface area contributed by atoms with Gasteiger partial charge in [0.05, 0.1) is 111 Å². The van der Waals surface area contributed by atoms with Crippen LogP contribution in [0.5, 0.6) is 0 Å². The lowest BCUT2D eigenvalue weighted by molar-refractivity contribution is -0.150. The molecule has 0 radical (unpaired) electrons. The summed E-state index contributed by atoms with van der Waals surface area (Å²) in [6.07, 6.45) is 1.13. The minimum Gasteiger partial charge on any atom is -0.481 e. The van der Waals surface area contributed by atoms with Gasteiger partial charge in [-0.15, -0.1) is 0 Å². The highest BCUT2D eigenvalue weighted by atomic mass is 16.6. The van der Waals surface area contributed by atoms with Crippen LogP contribution in [0.3, 0.4) is 0 Å². The lowest BCUT2D eigenvalue weighted by Crippen LogP contribution is -2.29. The minimum atomic E-state index is -0.890. The van der Waals surface area contributed by atoms with E-state index in [1.54, 1.807) is 13.8 Å². The van der Waals surface area contributed by atoms with Gasteiger partial charge in [-0.2, -0.15) is 0 Å². The molecule has 11 heteroatoms. The van der Waals surface area contributed by atoms with E-state index < -0.39 is 11.4 Å². The third kappa shape index (κ3) is 26.0. The molecule has 0 rings (SSSR count). The van der Waals surface area contributed by atoms with Gasteiger partial charge in [0.1, 0.15) is 0 Å². The third-order valence-electron chi connectivity index (χ3n) is 4.50. The van der Waals surface area contributed by atoms with E-state index in [1.807, 2.05) is 0 Å². The van der Waals surface area contributed by atoms with Gasteiger partial charge in [0, 0.05) is 6.54 Å². The molecule has 0 saturated heterocycles. The summed E-state index contributed by atoms with van der Waals surface area (Å²) < 4.78 is 43.3. The van der Waals surface area contributed by atoms with Crippen molar-refractivity contribution in [1.82, 2.24) is 5.32 Å². The van der Waals surface area contributed by atoms with E-state index >= 15 is 0 Å². The average Bonchev–Trinajstić information content (AvgIpc) is 2.83. The van der Waals surface area contributed by atoms with E-state index in [1.165, 1.54) is 0 Å². The second-order valence-corrected chi connectivity index (χ2v) is 8.28. The van der Waals surface area contributed by atoms with E-state index in [2.05, 4.69) is 12.2 Å². The Morgan fingerprint density at radius 2 is 0.886 bits per heavy atom. The number of hydrogen-bond acceptors (Lipinski definition) is 10. The highest BCUT2D eigenvalue weighted by Gasteiger charge is 2.27. The van der Waals surface area contributed by atoms with Gasteiger partial charge in [-0.05, 0) is 26.8 Å². The summed E-state index contributed by atoms with van der Waals surface area (Å²) in [6, 6.07) is 0. The Bertz CT molecular complexity index is 454. The first-order valence-corrected chi connectivity index (χ1v) is 12.6. The molecule has 0 aliphatic heterocycles. The SMILES string of the molecule is CCCNCCOCCOCCOCCOCCOCCOCCOCCOCC(C)(C)C(=O)O. The molecule has 0 heterocycles. The van der Waals surface area contributed by atoms with Crippen LogP contribution in [0.25, 0.3) is 0 Å². The van der Waals surface area contributed by atoms with Crippen molar-refractivity contribution in [3.05, 3.63) is 0 Å². The van der Waals surface area contributed by atoms with Gasteiger partial charge in [-0.1, -0.05) is 6.92 Å². The van der Waals surface area contributed by atoms with Crippen LogP contribution in [0.2, 0.25) is 0 Å². The zero-order valence-corrected chi connectivity index (χ0v) is 22.1. The molecule has 0 aliphatic carbocycles. The van der Waals surface area contributed by atoms with E-state index in [0.29, 0.717) is 99.1 Å². The van der Waals surface area contributed by atoms with Gasteiger partial charge in [0.25, 0.3) is 0 Å². The number of carboxylic acids is 1. The summed E-state index contributed by atoms with van der Waals surface area (Å²) in [5, 5.41) is 12.3. The van der Waals surface area contributed by atoms with Gasteiger partial charge in [-0.25, -0.2) is 0 Å². The monoisotopic (exact) mass is 511 g/mol. The minimum absolute atomic E-state index is 0.152. The van der Waals surface area contributed by atoms with Gasteiger partial charge < -0.3 is 48.3 Å². The van der Waals surface area contributed by atoms with Crippen LogP contribution in [0.15, 0.2) is 0 Å². The zero-order valence-electron chi connectivity index (χ0n) is 22.1. The van der Waals surface area contributed by atoms with Crippen molar-refractivity contribution in [2.75, 3.05) is 119 Å². The van der Waals surface area contributed by atoms with Crippen molar-refractivity contribution in [2.24, 2.45) is 5.41 Å². The number of nitrogens with one attached hydrogen (secondary N) is 1. The summed E-state index contributed by atoms with van der Waals surface area (Å²) in [7, 11) is 0. The fourth-order valence-corrected chi connectivity index (χ4v) is 2.37. The summed E-state index contributed by atoms with van der Waals surface area (Å²) >= 11 is 0. The van der Waals surface area contributed by atoms with E-state index in [4.69, 9.17) is 43.0 Å². The molecule has 0 atom stereocenters. The maximum absolute atomic E-state index is 10.9. The quantitative estimate of drug-likeness (QED) is 0.141. The number of carboxylic acid groups (broad SMARTS) is 1. The number of ether oxygens (including phenoxy) is 8. The van der Waals surface area contributed by atoms with Crippen LogP contribution in [-0.2, 0) is 42.7 Å². The lowest BCUT2D eigenvalue weighted by Gasteiger charge is -2.18. The van der Waals surface area contributed by atoms with Gasteiger partial charge >= 0.3 is 5.97 Å². The molecule has 0 aromatic rings. The molecule has 0 fully saturated rings. The molecule has 0 aromatic heterocycles. The highest BCUT2D eigenvalue weighted by Crippen LogP contribution is 2.14. The molecular weight excluding hydrogens is 462 g/mol. The second kappa shape index (κ2) is 26.2. The van der Waals surface area contributed by atoms with Crippen LogP contribution in [0.4, 0.5) is 0 Å². The fraction of sp³-hybridized carbons (Fsp3) is 0.958. The molecule has 210 valence electrons. The Labute approximate surface area is 211 Å². The first-order chi connectivity index (χ1) is 17.0. The molecule has 0 aliphatic rings. The first-order valence-electron chi connectivity index (χ1n) is 12.6. The van der Waals surface area contributed by atoms with Crippen LogP contribution in [0, 0.1) is 5.41 Å². The highest BCUT2D eigenvalue weighted by molar-refractivity contribution is 5.73. The Balaban J connectivity index is 3.10. The van der Waals surface area contributed by atoms with Crippen LogP contribution in [-0.4, -0.2) is 130 Å². The Morgan fingerprint density at radius 3 is 1.20 bits per heavy atom. The second-order valence-electron chi connectivity index (χ2n) is 8.28. The molecule has 0 spiro atoms. The Hall–Kier alpha value is -0.890. The standard InChI is InChI=1S/C24H49NO10/c1-4-5-25-6-7-28-8-9-29-10-11-30-12-13-31-14-15-32-16-17-33-18-19-34-20-21-35-22-24(2,3)23(26)27/h25H,4-22H2,1-3H3,(H,26,27). The van der Waals surface area contributed by atoms with Crippen molar-refractivity contribution in [3.8, 4) is 0 Å². The van der Waals surface area contributed by atoms with Gasteiger partial charge in [-0.3, -0.25) is 4.79 Å². The van der Waals surface area contributed by atoms with E-state index in [0.717, 1.165) is 19.5 Å². The molecule has 11 nitrogen and oxygen atoms in total. The molecule has 0 saturated carbocycles. The topological polar surface area (TPSA) is 123 Å². The number of carbonyl (C=O) groups is 1. The predicted molar refractivity (Wildman–Crippen MR) is 131 cm³/mol. The van der Waals surface area contributed by atoms with Crippen LogP contribution >= 0.6 is 0 Å². The maximum Gasteiger partial charge on any atom is 0.311 e. The molecule has 0 unspecified atom stereocenters. The predicted octanol–water partition coefficient (Wildman–Crippen LogP) is 1.23. The maximum atomic E-state index is 10.9. The van der Waals surface area contributed by atoms with Crippen molar-refractivity contribution in [1.29, 1.82) is 0 Å². The summed E-state index contributed by atoms with van der Waals surface area (Å²) in [5.41, 5.74) is -0.890. The molecule has 35 heavy (non-hydrogen) atoms. The number of hydrogen-bond donors (Lipinski definition) is 2. The van der Waals surface area contributed by atoms with Crippen molar-refractivity contribution >= 4 is 5.97 Å². The number of aliphatic carboxylic acids is 1. The Morgan fingerprint density at radius 1 is 0.571 bits per heavy atom. The fourth-order valence-electron chi connectivity index (χ4n) is 2.37. The molecular formula is C24H49NO10. The summed E-state index contributed by atoms with van der Waals surface area (Å²) in [5.74, 6) is -0.880. The third-order valence-corrected chi connectivity index (χ3v) is 4.50. The Kier molecular flexibility index (Phi) is 25.5. The van der Waals surface area contributed by atoms with E-state index in [-0.39, 0.29) is 6.61 Å². The van der Waals surface area contributed by atoms with Crippen LogP contribution < -0.4 is 5.32 Å². The first kappa shape index (κ1) is 34.1. The van der Waals surface area contributed by atoms with Crippen molar-refractivity contribution in [2.45, 2.75) is 27.2 Å². The van der Waals surface area contributed by atoms with Gasteiger partial charge in [0.2, 0.25) is 0 Å². The zero-order chi connectivity index (χ0) is 25.9. The van der Waals surface area contributed by atoms with Crippen molar-refractivity contribution in [3.63, 3.8) is 0 Å². The van der Waals surface area contributed by atoms with E-state index in [9.17, 15) is 4.79 Å². The van der Waals surface area contributed by atoms with Crippen LogP contribution in [0.1, 0.15) is 27.2 Å².